The molecule has 0 aliphatic heterocycles. The van der Waals surface area contributed by atoms with Gasteiger partial charge in [0.2, 0.25) is 0 Å². The molecule has 0 aliphatic carbocycles. The molecule has 1 aromatic carbocycles. The third-order valence-corrected chi connectivity index (χ3v) is 3.93. The molecule has 0 bridgehead atoms. The highest BCUT2D eigenvalue weighted by Crippen LogP contribution is 2.22. The molecular weight excluding hydrogens is 474 g/mol. The standard InChI is InChI=1S/C17H22F3N5O.HI/c1-11-15(12(2)25(3)24-11)8-9-22-16(21)23-10-13-4-6-14(7-5-13)26-17(18,19)20;/h4-7H,8-10H2,1-3H3,(H3,21,22,23);1H. The van der Waals surface area contributed by atoms with E-state index < -0.39 is 6.36 Å². The van der Waals surface area contributed by atoms with Crippen molar-refractivity contribution in [3.63, 3.8) is 0 Å². The number of aryl methyl sites for hydroxylation is 2. The van der Waals surface area contributed by atoms with Gasteiger partial charge in [-0.25, -0.2) is 4.99 Å². The topological polar surface area (TPSA) is 77.5 Å². The average Bonchev–Trinajstić information content (AvgIpc) is 2.79. The van der Waals surface area contributed by atoms with Crippen molar-refractivity contribution >= 4 is 29.9 Å². The summed E-state index contributed by atoms with van der Waals surface area (Å²) in [4.78, 5) is 4.18. The Hall–Kier alpha value is -1.98. The number of halogens is 4. The molecule has 6 nitrogen and oxygen atoms in total. The summed E-state index contributed by atoms with van der Waals surface area (Å²) in [6, 6.07) is 5.52. The predicted molar refractivity (Wildman–Crippen MR) is 108 cm³/mol. The summed E-state index contributed by atoms with van der Waals surface area (Å²) in [7, 11) is 1.90. The van der Waals surface area contributed by atoms with Crippen LogP contribution in [0, 0.1) is 13.8 Å². The lowest BCUT2D eigenvalue weighted by molar-refractivity contribution is -0.274. The van der Waals surface area contributed by atoms with Crippen LogP contribution < -0.4 is 15.8 Å². The Morgan fingerprint density at radius 1 is 1.26 bits per heavy atom. The van der Waals surface area contributed by atoms with Gasteiger partial charge in [0, 0.05) is 19.3 Å². The third-order valence-electron chi connectivity index (χ3n) is 3.93. The number of hydrogen-bond donors (Lipinski definition) is 2. The zero-order chi connectivity index (χ0) is 19.3. The van der Waals surface area contributed by atoms with Gasteiger partial charge in [0.1, 0.15) is 5.75 Å². The fourth-order valence-electron chi connectivity index (χ4n) is 2.52. The maximum absolute atomic E-state index is 12.1. The molecule has 0 saturated heterocycles. The quantitative estimate of drug-likeness (QED) is 0.365. The normalized spacial score (nSPS) is 11.9. The van der Waals surface area contributed by atoms with Gasteiger partial charge >= 0.3 is 6.36 Å². The second-order valence-corrected chi connectivity index (χ2v) is 5.84. The van der Waals surface area contributed by atoms with Gasteiger partial charge in [-0.15, -0.1) is 37.1 Å². The summed E-state index contributed by atoms with van der Waals surface area (Å²) in [5.74, 6) is 0.0124. The highest BCUT2D eigenvalue weighted by atomic mass is 127. The van der Waals surface area contributed by atoms with E-state index in [1.54, 1.807) is 0 Å². The van der Waals surface area contributed by atoms with Gasteiger partial charge in [0.15, 0.2) is 5.96 Å². The first-order chi connectivity index (χ1) is 12.2. The van der Waals surface area contributed by atoms with Gasteiger partial charge in [0.25, 0.3) is 0 Å². The Bertz CT molecular complexity index is 772. The molecule has 3 N–H and O–H groups in total. The lowest BCUT2D eigenvalue weighted by Gasteiger charge is -2.09. The van der Waals surface area contributed by atoms with Crippen LogP contribution in [0.1, 0.15) is 22.5 Å². The lowest BCUT2D eigenvalue weighted by atomic mass is 10.1. The number of nitrogens with zero attached hydrogens (tertiary/aromatic N) is 3. The fraction of sp³-hybridized carbons (Fsp3) is 0.412. The summed E-state index contributed by atoms with van der Waals surface area (Å²) in [6.45, 7) is 4.85. The van der Waals surface area contributed by atoms with Crippen molar-refractivity contribution < 1.29 is 17.9 Å². The van der Waals surface area contributed by atoms with Crippen molar-refractivity contribution in [3.05, 3.63) is 46.8 Å². The largest absolute Gasteiger partial charge is 0.573 e. The van der Waals surface area contributed by atoms with Crippen LogP contribution in [0.4, 0.5) is 13.2 Å². The SMILES string of the molecule is Cc1nn(C)c(C)c1CCNC(N)=NCc1ccc(OC(F)(F)F)cc1.I. The van der Waals surface area contributed by atoms with E-state index in [4.69, 9.17) is 5.73 Å². The lowest BCUT2D eigenvalue weighted by Crippen LogP contribution is -2.33. The maximum atomic E-state index is 12.1. The van der Waals surface area contributed by atoms with E-state index in [2.05, 4.69) is 20.1 Å². The summed E-state index contributed by atoms with van der Waals surface area (Å²) in [5, 5.41) is 7.39. The van der Waals surface area contributed by atoms with Crippen molar-refractivity contribution in [1.29, 1.82) is 0 Å². The smallest absolute Gasteiger partial charge is 0.406 e. The van der Waals surface area contributed by atoms with Crippen LogP contribution in [0.3, 0.4) is 0 Å². The number of benzene rings is 1. The molecule has 0 radical (unpaired) electrons. The van der Waals surface area contributed by atoms with Crippen LogP contribution in [0.5, 0.6) is 5.75 Å². The van der Waals surface area contributed by atoms with E-state index in [0.29, 0.717) is 6.54 Å². The first-order valence-electron chi connectivity index (χ1n) is 8.03. The van der Waals surface area contributed by atoms with Gasteiger partial charge in [-0.1, -0.05) is 12.1 Å². The van der Waals surface area contributed by atoms with Crippen molar-refractivity contribution in [2.45, 2.75) is 33.2 Å². The zero-order valence-electron chi connectivity index (χ0n) is 15.3. The summed E-state index contributed by atoms with van der Waals surface area (Å²) in [6.07, 6.45) is -3.93. The molecule has 0 atom stereocenters. The van der Waals surface area contributed by atoms with Gasteiger partial charge in [-0.2, -0.15) is 5.10 Å². The maximum Gasteiger partial charge on any atom is 0.573 e. The van der Waals surface area contributed by atoms with E-state index >= 15 is 0 Å². The van der Waals surface area contributed by atoms with Gasteiger partial charge < -0.3 is 15.8 Å². The minimum absolute atomic E-state index is 0. The number of aliphatic imine (C=N–C) groups is 1. The predicted octanol–water partition coefficient (Wildman–Crippen LogP) is 3.20. The van der Waals surface area contributed by atoms with Gasteiger partial charge in [-0.3, -0.25) is 4.68 Å². The van der Waals surface area contributed by atoms with Crippen molar-refractivity contribution in [2.75, 3.05) is 6.54 Å². The van der Waals surface area contributed by atoms with Crippen molar-refractivity contribution in [2.24, 2.45) is 17.8 Å². The molecule has 2 aromatic rings. The second-order valence-electron chi connectivity index (χ2n) is 5.84. The highest BCUT2D eigenvalue weighted by Gasteiger charge is 2.30. The van der Waals surface area contributed by atoms with E-state index in [1.165, 1.54) is 29.8 Å². The van der Waals surface area contributed by atoms with Crippen LogP contribution in [0.2, 0.25) is 0 Å². The monoisotopic (exact) mass is 497 g/mol. The Morgan fingerprint density at radius 3 is 2.41 bits per heavy atom. The molecule has 1 aromatic heterocycles. The second kappa shape index (κ2) is 9.81. The molecule has 0 amide bonds. The van der Waals surface area contributed by atoms with Crippen LogP contribution in [-0.4, -0.2) is 28.6 Å². The van der Waals surface area contributed by atoms with Crippen LogP contribution in [-0.2, 0) is 20.0 Å². The number of hydrogen-bond acceptors (Lipinski definition) is 3. The number of nitrogens with one attached hydrogen (secondary N) is 1. The van der Waals surface area contributed by atoms with Crippen LogP contribution in [0.25, 0.3) is 0 Å². The number of ether oxygens (including phenoxy) is 1. The zero-order valence-corrected chi connectivity index (χ0v) is 17.6. The van der Waals surface area contributed by atoms with Crippen LogP contribution >= 0.6 is 24.0 Å². The van der Waals surface area contributed by atoms with E-state index in [1.807, 2.05) is 25.6 Å². The van der Waals surface area contributed by atoms with E-state index in [9.17, 15) is 13.2 Å². The molecule has 0 fully saturated rings. The molecule has 27 heavy (non-hydrogen) atoms. The molecule has 150 valence electrons. The molecule has 0 unspecified atom stereocenters. The van der Waals surface area contributed by atoms with Gasteiger partial charge in [-0.05, 0) is 43.5 Å². The number of guanidine groups is 1. The number of aromatic nitrogens is 2. The minimum Gasteiger partial charge on any atom is -0.406 e. The minimum atomic E-state index is -4.70. The number of rotatable bonds is 6. The highest BCUT2D eigenvalue weighted by molar-refractivity contribution is 14.0. The summed E-state index contributed by atoms with van der Waals surface area (Å²) >= 11 is 0. The van der Waals surface area contributed by atoms with Crippen molar-refractivity contribution in [1.82, 2.24) is 15.1 Å². The molecule has 0 saturated carbocycles. The molecule has 10 heteroatoms. The molecule has 0 spiro atoms. The Kier molecular flexibility index (Phi) is 8.38. The Morgan fingerprint density at radius 2 is 1.89 bits per heavy atom. The Labute approximate surface area is 173 Å². The van der Waals surface area contributed by atoms with E-state index in [-0.39, 0.29) is 42.2 Å². The first kappa shape index (κ1) is 23.1. The van der Waals surface area contributed by atoms with Gasteiger partial charge in [0.05, 0.1) is 12.2 Å². The molecule has 2 rings (SSSR count). The molecule has 0 aliphatic rings. The number of alkyl halides is 3. The summed E-state index contributed by atoms with van der Waals surface area (Å²) < 4.78 is 42.0. The molecule has 1 heterocycles. The summed E-state index contributed by atoms with van der Waals surface area (Å²) in [5.41, 5.74) is 9.83. The fourth-order valence-corrected chi connectivity index (χ4v) is 2.52. The average molecular weight is 497 g/mol. The van der Waals surface area contributed by atoms with Crippen molar-refractivity contribution in [3.8, 4) is 5.75 Å². The number of nitrogens with two attached hydrogens (primary N) is 1. The first-order valence-corrected chi connectivity index (χ1v) is 8.03. The van der Waals surface area contributed by atoms with Crippen LogP contribution in [0.15, 0.2) is 29.3 Å². The molecular formula is C17H23F3IN5O. The third kappa shape index (κ3) is 7.27. The Balaban J connectivity index is 0.00000364. The van der Waals surface area contributed by atoms with E-state index in [0.717, 1.165) is 23.4 Å².